The molecule has 23 heavy (non-hydrogen) atoms. The van der Waals surface area contributed by atoms with Gasteiger partial charge in [0.1, 0.15) is 0 Å². The van der Waals surface area contributed by atoms with Crippen molar-refractivity contribution < 1.29 is 4.79 Å². The van der Waals surface area contributed by atoms with Crippen LogP contribution in [0.3, 0.4) is 0 Å². The number of hydrogen-bond acceptors (Lipinski definition) is 1. The third kappa shape index (κ3) is 4.95. The van der Waals surface area contributed by atoms with Crippen molar-refractivity contribution >= 4 is 11.6 Å². The SMILES string of the molecule is Cc1cc(C)cc(NC(=O)c2ccc(C)c(CC(C)(C)C)c2)c1. The second kappa shape index (κ2) is 6.57. The van der Waals surface area contributed by atoms with Gasteiger partial charge in [-0.05, 0) is 79.1 Å². The molecule has 0 aromatic heterocycles. The molecule has 122 valence electrons. The Balaban J connectivity index is 2.24. The maximum atomic E-state index is 12.6. The van der Waals surface area contributed by atoms with E-state index in [9.17, 15) is 4.79 Å². The second-order valence-electron chi connectivity index (χ2n) is 7.71. The Morgan fingerprint density at radius 2 is 1.57 bits per heavy atom. The Morgan fingerprint density at radius 3 is 2.13 bits per heavy atom. The molecule has 0 aliphatic rings. The van der Waals surface area contributed by atoms with E-state index in [-0.39, 0.29) is 11.3 Å². The number of rotatable bonds is 3. The van der Waals surface area contributed by atoms with Gasteiger partial charge in [-0.15, -0.1) is 0 Å². The molecule has 1 amide bonds. The van der Waals surface area contributed by atoms with Gasteiger partial charge in [0.25, 0.3) is 5.91 Å². The molecule has 0 atom stereocenters. The summed E-state index contributed by atoms with van der Waals surface area (Å²) in [6, 6.07) is 12.1. The summed E-state index contributed by atoms with van der Waals surface area (Å²) in [6.45, 7) is 12.8. The van der Waals surface area contributed by atoms with Crippen LogP contribution in [0.1, 0.15) is 53.4 Å². The summed E-state index contributed by atoms with van der Waals surface area (Å²) in [6.07, 6.45) is 0.962. The molecule has 0 heterocycles. The third-order valence-electron chi connectivity index (χ3n) is 3.81. The fraction of sp³-hybridized carbons (Fsp3) is 0.381. The summed E-state index contributed by atoms with van der Waals surface area (Å²) in [5.74, 6) is -0.0508. The van der Waals surface area contributed by atoms with Crippen LogP contribution in [0, 0.1) is 26.2 Å². The molecule has 0 radical (unpaired) electrons. The molecule has 2 rings (SSSR count). The first-order valence-electron chi connectivity index (χ1n) is 8.13. The molecular weight excluding hydrogens is 282 g/mol. The topological polar surface area (TPSA) is 29.1 Å². The molecule has 0 aliphatic heterocycles. The average molecular weight is 309 g/mol. The molecule has 0 spiro atoms. The van der Waals surface area contributed by atoms with Crippen LogP contribution >= 0.6 is 0 Å². The van der Waals surface area contributed by atoms with E-state index in [0.717, 1.165) is 23.2 Å². The van der Waals surface area contributed by atoms with Gasteiger partial charge in [0.05, 0.1) is 0 Å². The molecule has 1 N–H and O–H groups in total. The number of carbonyl (C=O) groups excluding carboxylic acids is 1. The molecule has 2 nitrogen and oxygen atoms in total. The van der Waals surface area contributed by atoms with E-state index in [1.807, 2.05) is 44.2 Å². The summed E-state index contributed by atoms with van der Waals surface area (Å²) in [4.78, 5) is 12.6. The summed E-state index contributed by atoms with van der Waals surface area (Å²) in [5, 5.41) is 3.01. The van der Waals surface area contributed by atoms with Gasteiger partial charge < -0.3 is 5.32 Å². The van der Waals surface area contributed by atoms with Gasteiger partial charge in [0.15, 0.2) is 0 Å². The van der Waals surface area contributed by atoms with Crippen molar-refractivity contribution in [1.29, 1.82) is 0 Å². The lowest BCUT2D eigenvalue weighted by Crippen LogP contribution is -2.15. The number of carbonyl (C=O) groups is 1. The maximum Gasteiger partial charge on any atom is 0.255 e. The number of benzene rings is 2. The minimum absolute atomic E-state index is 0.0508. The van der Waals surface area contributed by atoms with Crippen molar-refractivity contribution in [2.24, 2.45) is 5.41 Å². The first kappa shape index (κ1) is 17.3. The fourth-order valence-corrected chi connectivity index (χ4v) is 2.82. The van der Waals surface area contributed by atoms with Crippen LogP contribution in [-0.4, -0.2) is 5.91 Å². The maximum absolute atomic E-state index is 12.6. The smallest absolute Gasteiger partial charge is 0.255 e. The van der Waals surface area contributed by atoms with E-state index in [1.165, 1.54) is 11.1 Å². The Bertz CT molecular complexity index is 703. The van der Waals surface area contributed by atoms with Gasteiger partial charge in [0, 0.05) is 11.3 Å². The van der Waals surface area contributed by atoms with Crippen LogP contribution in [0.2, 0.25) is 0 Å². The summed E-state index contributed by atoms with van der Waals surface area (Å²) < 4.78 is 0. The molecule has 2 aromatic rings. The normalized spacial score (nSPS) is 11.4. The molecule has 2 aromatic carbocycles. The molecule has 0 unspecified atom stereocenters. The highest BCUT2D eigenvalue weighted by Gasteiger charge is 2.15. The largest absolute Gasteiger partial charge is 0.322 e. The van der Waals surface area contributed by atoms with E-state index in [2.05, 4.69) is 39.1 Å². The summed E-state index contributed by atoms with van der Waals surface area (Å²) in [5.41, 5.74) is 6.55. The van der Waals surface area contributed by atoms with Crippen LogP contribution in [-0.2, 0) is 6.42 Å². The Morgan fingerprint density at radius 1 is 0.957 bits per heavy atom. The number of amides is 1. The van der Waals surface area contributed by atoms with Crippen LogP contribution in [0.4, 0.5) is 5.69 Å². The second-order valence-corrected chi connectivity index (χ2v) is 7.71. The van der Waals surface area contributed by atoms with Gasteiger partial charge in [0.2, 0.25) is 0 Å². The minimum atomic E-state index is -0.0508. The van der Waals surface area contributed by atoms with Gasteiger partial charge in [-0.1, -0.05) is 32.9 Å². The van der Waals surface area contributed by atoms with Gasteiger partial charge in [-0.25, -0.2) is 0 Å². The van der Waals surface area contributed by atoms with Crippen molar-refractivity contribution in [3.05, 3.63) is 64.2 Å². The van der Waals surface area contributed by atoms with Crippen LogP contribution in [0.5, 0.6) is 0 Å². The first-order chi connectivity index (χ1) is 10.6. The van der Waals surface area contributed by atoms with Crippen LogP contribution in [0.15, 0.2) is 36.4 Å². The molecule has 2 heteroatoms. The Hall–Kier alpha value is -2.09. The summed E-state index contributed by atoms with van der Waals surface area (Å²) >= 11 is 0. The summed E-state index contributed by atoms with van der Waals surface area (Å²) in [7, 11) is 0. The standard InChI is InChI=1S/C21H27NO/c1-14-9-15(2)11-19(10-14)22-20(23)17-8-7-16(3)18(12-17)13-21(4,5)6/h7-12H,13H2,1-6H3,(H,22,23). The van der Waals surface area contributed by atoms with Crippen LogP contribution < -0.4 is 5.32 Å². The number of nitrogens with one attached hydrogen (secondary N) is 1. The van der Waals surface area contributed by atoms with Gasteiger partial charge in [-0.2, -0.15) is 0 Å². The zero-order chi connectivity index (χ0) is 17.2. The number of hydrogen-bond donors (Lipinski definition) is 1. The zero-order valence-electron chi connectivity index (χ0n) is 15.1. The lowest BCUT2D eigenvalue weighted by Gasteiger charge is -2.20. The van der Waals surface area contributed by atoms with Crippen molar-refractivity contribution in [2.45, 2.75) is 48.0 Å². The van der Waals surface area contributed by atoms with E-state index in [0.29, 0.717) is 5.56 Å². The van der Waals surface area contributed by atoms with Crippen molar-refractivity contribution in [1.82, 2.24) is 0 Å². The average Bonchev–Trinajstić information content (AvgIpc) is 2.38. The highest BCUT2D eigenvalue weighted by atomic mass is 16.1. The first-order valence-corrected chi connectivity index (χ1v) is 8.13. The number of aryl methyl sites for hydroxylation is 3. The Kier molecular flexibility index (Phi) is 4.93. The molecular formula is C21H27NO. The van der Waals surface area contributed by atoms with Gasteiger partial charge >= 0.3 is 0 Å². The van der Waals surface area contributed by atoms with Crippen molar-refractivity contribution in [3.63, 3.8) is 0 Å². The van der Waals surface area contributed by atoms with Crippen LogP contribution in [0.25, 0.3) is 0 Å². The molecule has 0 saturated heterocycles. The molecule has 0 aliphatic carbocycles. The minimum Gasteiger partial charge on any atom is -0.322 e. The van der Waals surface area contributed by atoms with E-state index in [4.69, 9.17) is 0 Å². The fourth-order valence-electron chi connectivity index (χ4n) is 2.82. The highest BCUT2D eigenvalue weighted by molar-refractivity contribution is 6.04. The predicted octanol–water partition coefficient (Wildman–Crippen LogP) is 5.45. The van der Waals surface area contributed by atoms with E-state index >= 15 is 0 Å². The monoisotopic (exact) mass is 309 g/mol. The van der Waals surface area contributed by atoms with Crippen molar-refractivity contribution in [2.75, 3.05) is 5.32 Å². The highest BCUT2D eigenvalue weighted by Crippen LogP contribution is 2.24. The predicted molar refractivity (Wildman–Crippen MR) is 98.2 cm³/mol. The molecule has 0 bridgehead atoms. The molecule has 0 fully saturated rings. The van der Waals surface area contributed by atoms with E-state index in [1.54, 1.807) is 0 Å². The lowest BCUT2D eigenvalue weighted by atomic mass is 9.86. The Labute approximate surface area is 139 Å². The lowest BCUT2D eigenvalue weighted by molar-refractivity contribution is 0.102. The zero-order valence-corrected chi connectivity index (χ0v) is 15.1. The third-order valence-corrected chi connectivity index (χ3v) is 3.81. The molecule has 0 saturated carbocycles. The number of anilines is 1. The van der Waals surface area contributed by atoms with Gasteiger partial charge in [-0.3, -0.25) is 4.79 Å². The quantitative estimate of drug-likeness (QED) is 0.802. The van der Waals surface area contributed by atoms with E-state index < -0.39 is 0 Å². The van der Waals surface area contributed by atoms with Crippen molar-refractivity contribution in [3.8, 4) is 0 Å².